The molecular weight excluding hydrogens is 354 g/mol. The Labute approximate surface area is 155 Å². The van der Waals surface area contributed by atoms with E-state index in [1.807, 2.05) is 0 Å². The van der Waals surface area contributed by atoms with Crippen LogP contribution >= 0.6 is 11.6 Å². The molecule has 0 saturated carbocycles. The summed E-state index contributed by atoms with van der Waals surface area (Å²) >= 11 is 5.99. The second-order valence-electron chi connectivity index (χ2n) is 6.39. The van der Waals surface area contributed by atoms with E-state index >= 15 is 0 Å². The number of nitrogens with one attached hydrogen (secondary N) is 1. The molecule has 0 radical (unpaired) electrons. The zero-order chi connectivity index (χ0) is 18.5. The molecule has 2 aromatic rings. The first-order valence-corrected chi connectivity index (χ1v) is 8.60. The van der Waals surface area contributed by atoms with Crippen molar-refractivity contribution in [2.45, 2.75) is 18.5 Å². The summed E-state index contributed by atoms with van der Waals surface area (Å²) in [6, 6.07) is 13.6. The summed E-state index contributed by atoms with van der Waals surface area (Å²) < 4.78 is 0. The van der Waals surface area contributed by atoms with Crippen LogP contribution in [0.15, 0.2) is 48.5 Å². The number of anilines is 2. The number of likely N-dealkylation sites (N-methyl/N-ethyl adjacent to an activating group) is 1. The predicted molar refractivity (Wildman–Crippen MR) is 98.1 cm³/mol. The minimum atomic E-state index is -1.38. The van der Waals surface area contributed by atoms with Gasteiger partial charge in [0.1, 0.15) is 0 Å². The van der Waals surface area contributed by atoms with E-state index < -0.39 is 11.6 Å². The van der Waals surface area contributed by atoms with Crippen molar-refractivity contribution >= 4 is 40.7 Å². The lowest BCUT2D eigenvalue weighted by Crippen LogP contribution is -2.68. The molecule has 1 saturated heterocycles. The van der Waals surface area contributed by atoms with Crippen LogP contribution < -0.4 is 10.2 Å². The molecule has 0 aliphatic carbocycles. The van der Waals surface area contributed by atoms with Gasteiger partial charge in [0.05, 0.1) is 11.3 Å². The van der Waals surface area contributed by atoms with E-state index in [4.69, 9.17) is 11.6 Å². The third-order valence-electron chi connectivity index (χ3n) is 4.99. The summed E-state index contributed by atoms with van der Waals surface area (Å²) in [7, 11) is 1.56. The van der Waals surface area contributed by atoms with E-state index in [1.54, 1.807) is 55.6 Å². The first-order chi connectivity index (χ1) is 12.4. The molecule has 2 aromatic carbocycles. The fourth-order valence-electron chi connectivity index (χ4n) is 3.73. The molecule has 2 aliphatic rings. The van der Waals surface area contributed by atoms with E-state index in [2.05, 4.69) is 5.32 Å². The quantitative estimate of drug-likeness (QED) is 0.884. The Kier molecular flexibility index (Phi) is 3.73. The molecule has 0 unspecified atom stereocenters. The SMILES string of the molecule is CN1C(=O)c2ccccc2N2C(=O)CC[C@]12C(=O)Nc1cccc(Cl)c1. The molecule has 0 spiro atoms. The molecular formula is C19H16ClN3O3. The summed E-state index contributed by atoms with van der Waals surface area (Å²) in [5.74, 6) is -0.901. The number of halogens is 1. The van der Waals surface area contributed by atoms with Crippen molar-refractivity contribution in [3.05, 3.63) is 59.1 Å². The Morgan fingerprint density at radius 3 is 2.69 bits per heavy atom. The Morgan fingerprint density at radius 2 is 1.92 bits per heavy atom. The maximum atomic E-state index is 13.3. The normalized spacial score (nSPS) is 21.5. The van der Waals surface area contributed by atoms with Crippen LogP contribution in [0.1, 0.15) is 23.2 Å². The number of para-hydroxylation sites is 1. The summed E-state index contributed by atoms with van der Waals surface area (Å²) in [5.41, 5.74) is 0.0110. The van der Waals surface area contributed by atoms with Crippen LogP contribution in [0, 0.1) is 0 Å². The van der Waals surface area contributed by atoms with Gasteiger partial charge in [-0.05, 0) is 30.3 Å². The van der Waals surface area contributed by atoms with E-state index in [0.29, 0.717) is 22.0 Å². The van der Waals surface area contributed by atoms with Gasteiger partial charge in [0, 0.05) is 30.6 Å². The van der Waals surface area contributed by atoms with Gasteiger partial charge in [-0.25, -0.2) is 0 Å². The Balaban J connectivity index is 1.81. The standard InChI is InChI=1S/C19H16ClN3O3/c1-22-17(25)14-7-2-3-8-15(14)23-16(24)9-10-19(22,23)18(26)21-13-6-4-5-12(20)11-13/h2-8,11H,9-10H2,1H3,(H,21,26)/t19-/m0/s1. The third-order valence-corrected chi connectivity index (χ3v) is 5.22. The lowest BCUT2D eigenvalue weighted by molar-refractivity contribution is -0.128. The highest BCUT2D eigenvalue weighted by Gasteiger charge is 2.59. The van der Waals surface area contributed by atoms with E-state index in [0.717, 1.165) is 0 Å². The number of carbonyl (C=O) groups is 3. The fourth-order valence-corrected chi connectivity index (χ4v) is 3.92. The smallest absolute Gasteiger partial charge is 0.271 e. The molecule has 0 bridgehead atoms. The molecule has 1 N–H and O–H groups in total. The van der Waals surface area contributed by atoms with Crippen LogP contribution in [0.4, 0.5) is 11.4 Å². The van der Waals surface area contributed by atoms with Crippen LogP contribution in [0.3, 0.4) is 0 Å². The number of hydrogen-bond acceptors (Lipinski definition) is 3. The summed E-state index contributed by atoms with van der Waals surface area (Å²) in [4.78, 5) is 41.6. The van der Waals surface area contributed by atoms with Crippen molar-refractivity contribution in [1.82, 2.24) is 4.90 Å². The van der Waals surface area contributed by atoms with Crippen molar-refractivity contribution < 1.29 is 14.4 Å². The molecule has 7 heteroatoms. The van der Waals surface area contributed by atoms with Gasteiger partial charge in [-0.2, -0.15) is 0 Å². The Morgan fingerprint density at radius 1 is 1.15 bits per heavy atom. The van der Waals surface area contributed by atoms with Crippen LogP contribution in [0.5, 0.6) is 0 Å². The monoisotopic (exact) mass is 369 g/mol. The Hall–Kier alpha value is -2.86. The highest BCUT2D eigenvalue weighted by atomic mass is 35.5. The van der Waals surface area contributed by atoms with Crippen LogP contribution in [0.2, 0.25) is 5.02 Å². The van der Waals surface area contributed by atoms with Crippen molar-refractivity contribution in [1.29, 1.82) is 0 Å². The number of benzene rings is 2. The highest BCUT2D eigenvalue weighted by Crippen LogP contribution is 2.44. The molecule has 2 aliphatic heterocycles. The largest absolute Gasteiger partial charge is 0.322 e. The van der Waals surface area contributed by atoms with E-state index in [9.17, 15) is 14.4 Å². The molecule has 2 heterocycles. The maximum absolute atomic E-state index is 13.3. The number of fused-ring (bicyclic) bond motifs is 3. The molecule has 6 nitrogen and oxygen atoms in total. The highest BCUT2D eigenvalue weighted by molar-refractivity contribution is 6.31. The van der Waals surface area contributed by atoms with Crippen LogP contribution in [-0.4, -0.2) is 35.3 Å². The number of rotatable bonds is 2. The van der Waals surface area contributed by atoms with E-state index in [1.165, 1.54) is 9.80 Å². The molecule has 4 rings (SSSR count). The number of amides is 3. The van der Waals surface area contributed by atoms with Crippen LogP contribution in [0.25, 0.3) is 0 Å². The maximum Gasteiger partial charge on any atom is 0.271 e. The van der Waals surface area contributed by atoms with Gasteiger partial charge in [-0.3, -0.25) is 19.3 Å². The minimum absolute atomic E-state index is 0.182. The second kappa shape index (κ2) is 5.85. The molecule has 26 heavy (non-hydrogen) atoms. The minimum Gasteiger partial charge on any atom is -0.322 e. The first-order valence-electron chi connectivity index (χ1n) is 8.22. The van der Waals surface area contributed by atoms with Gasteiger partial charge in [-0.15, -0.1) is 0 Å². The molecule has 1 fully saturated rings. The Bertz CT molecular complexity index is 945. The van der Waals surface area contributed by atoms with Gasteiger partial charge in [0.25, 0.3) is 11.8 Å². The van der Waals surface area contributed by atoms with Gasteiger partial charge in [0.2, 0.25) is 11.6 Å². The van der Waals surface area contributed by atoms with Gasteiger partial charge >= 0.3 is 0 Å². The van der Waals surface area contributed by atoms with Gasteiger partial charge in [-0.1, -0.05) is 29.8 Å². The predicted octanol–water partition coefficient (Wildman–Crippen LogP) is 2.89. The lowest BCUT2D eigenvalue weighted by Gasteiger charge is -2.47. The molecule has 1 atom stereocenters. The van der Waals surface area contributed by atoms with Crippen molar-refractivity contribution in [2.75, 3.05) is 17.3 Å². The van der Waals surface area contributed by atoms with Crippen molar-refractivity contribution in [3.63, 3.8) is 0 Å². The van der Waals surface area contributed by atoms with E-state index in [-0.39, 0.29) is 24.7 Å². The zero-order valence-corrected chi connectivity index (χ0v) is 14.8. The van der Waals surface area contributed by atoms with Crippen molar-refractivity contribution in [3.8, 4) is 0 Å². The number of carbonyl (C=O) groups excluding carboxylic acids is 3. The average Bonchev–Trinajstić information content (AvgIpc) is 2.98. The average molecular weight is 370 g/mol. The molecule has 0 aromatic heterocycles. The fraction of sp³-hybridized carbons (Fsp3) is 0.211. The summed E-state index contributed by atoms with van der Waals surface area (Å²) in [5, 5.41) is 3.29. The molecule has 3 amide bonds. The summed E-state index contributed by atoms with van der Waals surface area (Å²) in [6.07, 6.45) is 0.420. The summed E-state index contributed by atoms with van der Waals surface area (Å²) in [6.45, 7) is 0. The lowest BCUT2D eigenvalue weighted by atomic mass is 9.96. The second-order valence-corrected chi connectivity index (χ2v) is 6.83. The van der Waals surface area contributed by atoms with Gasteiger partial charge in [0.15, 0.2) is 0 Å². The third kappa shape index (κ3) is 2.22. The topological polar surface area (TPSA) is 69.7 Å². The number of nitrogens with zero attached hydrogens (tertiary/aromatic N) is 2. The molecule has 132 valence electrons. The zero-order valence-electron chi connectivity index (χ0n) is 14.0. The first kappa shape index (κ1) is 16.6. The number of hydrogen-bond donors (Lipinski definition) is 1. The van der Waals surface area contributed by atoms with Crippen molar-refractivity contribution in [2.24, 2.45) is 0 Å². The van der Waals surface area contributed by atoms with Crippen LogP contribution in [-0.2, 0) is 9.59 Å². The van der Waals surface area contributed by atoms with Gasteiger partial charge < -0.3 is 10.2 Å².